The van der Waals surface area contributed by atoms with Crippen molar-refractivity contribution in [3.63, 3.8) is 0 Å². The monoisotopic (exact) mass is 491 g/mol. The van der Waals surface area contributed by atoms with E-state index in [0.717, 1.165) is 16.1 Å². The molecule has 7 rings (SSSR count). The van der Waals surface area contributed by atoms with Gasteiger partial charge in [-0.15, -0.1) is 11.3 Å². The molecule has 0 saturated carbocycles. The van der Waals surface area contributed by atoms with Gasteiger partial charge in [0, 0.05) is 5.56 Å². The summed E-state index contributed by atoms with van der Waals surface area (Å²) in [7, 11) is 0. The Morgan fingerprint density at radius 3 is 1.68 bits per heavy atom. The van der Waals surface area contributed by atoms with E-state index in [1.165, 1.54) is 59.6 Å². The fourth-order valence-corrected chi connectivity index (χ4v) is 6.56. The summed E-state index contributed by atoms with van der Waals surface area (Å²) in [6, 6.07) is 41.9. The lowest BCUT2D eigenvalue weighted by Crippen LogP contribution is -1.91. The van der Waals surface area contributed by atoms with E-state index in [9.17, 15) is 0 Å². The third-order valence-corrected chi connectivity index (χ3v) is 8.27. The Bertz CT molecular complexity index is 1890. The fraction of sp³-hybridized carbons (Fsp3) is 0.0571. The molecule has 0 aliphatic carbocycles. The number of fused-ring (bicyclic) bond motifs is 3. The zero-order chi connectivity index (χ0) is 24.9. The Morgan fingerprint density at radius 2 is 1.05 bits per heavy atom. The van der Waals surface area contributed by atoms with Crippen molar-refractivity contribution < 1.29 is 0 Å². The van der Waals surface area contributed by atoms with Crippen molar-refractivity contribution in [3.8, 4) is 32.8 Å². The molecule has 0 amide bonds. The number of aryl methyl sites for hydroxylation is 2. The molecule has 37 heavy (non-hydrogen) atoms. The molecule has 0 N–H and O–H groups in total. The largest absolute Gasteiger partial charge is 0.236 e. The number of rotatable bonds is 3. The van der Waals surface area contributed by atoms with Crippen molar-refractivity contribution in [1.29, 1.82) is 0 Å². The van der Waals surface area contributed by atoms with Gasteiger partial charge in [-0.3, -0.25) is 0 Å². The molecule has 1 aromatic heterocycles. The molecule has 0 atom stereocenters. The van der Waals surface area contributed by atoms with Crippen LogP contribution < -0.4 is 0 Å². The minimum atomic E-state index is 1.07. The second-order valence-electron chi connectivity index (χ2n) is 9.78. The summed E-state index contributed by atoms with van der Waals surface area (Å²) in [5.74, 6) is 0. The van der Waals surface area contributed by atoms with Crippen LogP contribution in [0.2, 0.25) is 0 Å². The number of hydrogen-bond acceptors (Lipinski definition) is 2. The summed E-state index contributed by atoms with van der Waals surface area (Å²) in [4.78, 5) is 4.90. The van der Waals surface area contributed by atoms with Gasteiger partial charge in [-0.25, -0.2) is 4.98 Å². The maximum atomic E-state index is 4.90. The third kappa shape index (κ3) is 3.73. The van der Waals surface area contributed by atoms with Crippen molar-refractivity contribution in [3.05, 3.63) is 126 Å². The normalized spacial score (nSPS) is 11.5. The first-order chi connectivity index (χ1) is 18.2. The molecule has 176 valence electrons. The van der Waals surface area contributed by atoms with Crippen molar-refractivity contribution in [2.24, 2.45) is 0 Å². The van der Waals surface area contributed by atoms with Gasteiger partial charge in [-0.1, -0.05) is 109 Å². The first kappa shape index (κ1) is 22.0. The number of thiazole rings is 1. The number of benzene rings is 6. The SMILES string of the molecule is Cc1cccc(-c2c3ccccc3c(-c3ccc(-c4nc5ccc(C)cc5s4)cc3)c3ccccc23)c1. The minimum absolute atomic E-state index is 1.07. The topological polar surface area (TPSA) is 12.9 Å². The molecule has 0 radical (unpaired) electrons. The lowest BCUT2D eigenvalue weighted by Gasteiger charge is -2.18. The van der Waals surface area contributed by atoms with E-state index in [2.05, 4.69) is 129 Å². The fourth-order valence-electron chi connectivity index (χ4n) is 5.49. The Hall–Kier alpha value is -4.27. The maximum Gasteiger partial charge on any atom is 0.124 e. The highest BCUT2D eigenvalue weighted by Crippen LogP contribution is 2.44. The molecule has 6 aromatic carbocycles. The van der Waals surface area contributed by atoms with Crippen molar-refractivity contribution in [2.75, 3.05) is 0 Å². The van der Waals surface area contributed by atoms with Crippen LogP contribution in [0.1, 0.15) is 11.1 Å². The van der Waals surface area contributed by atoms with Gasteiger partial charge < -0.3 is 0 Å². The van der Waals surface area contributed by atoms with Crippen LogP contribution >= 0.6 is 11.3 Å². The first-order valence-corrected chi connectivity index (χ1v) is 13.5. The molecular weight excluding hydrogens is 466 g/mol. The Labute approximate surface area is 220 Å². The smallest absolute Gasteiger partial charge is 0.124 e. The zero-order valence-electron chi connectivity index (χ0n) is 20.8. The molecule has 0 aliphatic rings. The molecule has 0 aliphatic heterocycles. The highest BCUT2D eigenvalue weighted by molar-refractivity contribution is 7.21. The summed E-state index contributed by atoms with van der Waals surface area (Å²) in [6.45, 7) is 4.29. The van der Waals surface area contributed by atoms with E-state index >= 15 is 0 Å². The van der Waals surface area contributed by atoms with E-state index in [4.69, 9.17) is 4.98 Å². The molecule has 0 bridgehead atoms. The summed E-state index contributed by atoms with van der Waals surface area (Å²) in [6.07, 6.45) is 0. The highest BCUT2D eigenvalue weighted by Gasteiger charge is 2.16. The average Bonchev–Trinajstić information content (AvgIpc) is 3.35. The summed E-state index contributed by atoms with van der Waals surface area (Å²) in [5, 5.41) is 6.19. The standard InChI is InChI=1S/C35H25NS/c1-22-8-7-9-26(20-22)34-29-12-5-3-10-27(29)33(28-11-4-6-13-30(28)34)24-15-17-25(18-16-24)35-36-31-19-14-23(2)21-32(31)37-35/h3-21H,1-2H3. The van der Waals surface area contributed by atoms with Crippen LogP contribution in [-0.4, -0.2) is 4.98 Å². The molecule has 0 unspecified atom stereocenters. The third-order valence-electron chi connectivity index (χ3n) is 7.20. The molecular formula is C35H25NS. The van der Waals surface area contributed by atoms with Crippen LogP contribution in [-0.2, 0) is 0 Å². The lowest BCUT2D eigenvalue weighted by atomic mass is 9.85. The molecule has 7 aromatic rings. The van der Waals surface area contributed by atoms with Gasteiger partial charge in [0.1, 0.15) is 5.01 Å². The van der Waals surface area contributed by atoms with Crippen LogP contribution in [0.5, 0.6) is 0 Å². The van der Waals surface area contributed by atoms with Gasteiger partial charge in [0.25, 0.3) is 0 Å². The van der Waals surface area contributed by atoms with E-state index in [0.29, 0.717) is 0 Å². The first-order valence-electron chi connectivity index (χ1n) is 12.6. The predicted octanol–water partition coefficient (Wildman–Crippen LogP) is 10.2. The molecule has 0 spiro atoms. The van der Waals surface area contributed by atoms with Gasteiger partial charge in [-0.05, 0) is 75.3 Å². The molecule has 2 heteroatoms. The second kappa shape index (κ2) is 8.69. The predicted molar refractivity (Wildman–Crippen MR) is 160 cm³/mol. The number of aromatic nitrogens is 1. The quantitative estimate of drug-likeness (QED) is 0.224. The molecule has 1 nitrogen and oxygen atoms in total. The van der Waals surface area contributed by atoms with Gasteiger partial charge >= 0.3 is 0 Å². The van der Waals surface area contributed by atoms with Gasteiger partial charge in [0.05, 0.1) is 10.2 Å². The van der Waals surface area contributed by atoms with E-state index in [1.807, 2.05) is 0 Å². The van der Waals surface area contributed by atoms with Crippen LogP contribution in [0.3, 0.4) is 0 Å². The van der Waals surface area contributed by atoms with Crippen molar-refractivity contribution in [1.82, 2.24) is 4.98 Å². The van der Waals surface area contributed by atoms with Crippen LogP contribution in [0.4, 0.5) is 0 Å². The molecule has 1 heterocycles. The maximum absolute atomic E-state index is 4.90. The summed E-state index contributed by atoms with van der Waals surface area (Å²) >= 11 is 1.76. The second-order valence-corrected chi connectivity index (χ2v) is 10.8. The lowest BCUT2D eigenvalue weighted by molar-refractivity contribution is 1.45. The number of hydrogen-bond donors (Lipinski definition) is 0. The minimum Gasteiger partial charge on any atom is -0.236 e. The Balaban J connectivity index is 1.44. The van der Waals surface area contributed by atoms with Crippen LogP contribution in [0, 0.1) is 13.8 Å². The Morgan fingerprint density at radius 1 is 0.486 bits per heavy atom. The summed E-state index contributed by atoms with van der Waals surface area (Å²) < 4.78 is 1.24. The molecule has 0 saturated heterocycles. The van der Waals surface area contributed by atoms with E-state index < -0.39 is 0 Å². The van der Waals surface area contributed by atoms with Crippen LogP contribution in [0.25, 0.3) is 64.6 Å². The van der Waals surface area contributed by atoms with Gasteiger partial charge in [0.2, 0.25) is 0 Å². The molecule has 0 fully saturated rings. The summed E-state index contributed by atoms with van der Waals surface area (Å²) in [5.41, 5.74) is 9.85. The zero-order valence-corrected chi connectivity index (χ0v) is 21.6. The van der Waals surface area contributed by atoms with Crippen molar-refractivity contribution in [2.45, 2.75) is 13.8 Å². The van der Waals surface area contributed by atoms with Gasteiger partial charge in [0.15, 0.2) is 0 Å². The average molecular weight is 492 g/mol. The van der Waals surface area contributed by atoms with Gasteiger partial charge in [-0.2, -0.15) is 0 Å². The van der Waals surface area contributed by atoms with E-state index in [1.54, 1.807) is 11.3 Å². The Kier molecular flexibility index (Phi) is 5.16. The highest BCUT2D eigenvalue weighted by atomic mass is 32.1. The number of nitrogens with zero attached hydrogens (tertiary/aromatic N) is 1. The van der Waals surface area contributed by atoms with E-state index in [-0.39, 0.29) is 0 Å². The van der Waals surface area contributed by atoms with Crippen LogP contribution in [0.15, 0.2) is 115 Å². The van der Waals surface area contributed by atoms with Crippen molar-refractivity contribution >= 4 is 43.1 Å².